The van der Waals surface area contributed by atoms with Crippen LogP contribution in [0.15, 0.2) is 18.2 Å². The molecular weight excluding hydrogens is 286 g/mol. The second kappa shape index (κ2) is 5.69. The molecule has 3 rings (SSSR count). The van der Waals surface area contributed by atoms with Gasteiger partial charge in [0.1, 0.15) is 0 Å². The standard InChI is InChI=1S/C15H19N3O2S/c1-10-12-8-11(2-3-13(12)18-17-10)14(20)16-15(9-19)4-6-21-7-5-15/h2-3,8,19H,4-7,9H2,1H3,(H,16,20)(H,17,18). The Labute approximate surface area is 127 Å². The molecule has 1 saturated heterocycles. The smallest absolute Gasteiger partial charge is 0.251 e. The number of thioether (sulfide) groups is 1. The van der Waals surface area contributed by atoms with Gasteiger partial charge in [-0.3, -0.25) is 9.89 Å². The third-order valence-corrected chi connectivity index (χ3v) is 5.12. The predicted octanol–water partition coefficient (Wildman–Crippen LogP) is 1.86. The molecule has 6 heteroatoms. The molecule has 3 N–H and O–H groups in total. The summed E-state index contributed by atoms with van der Waals surface area (Å²) in [4.78, 5) is 12.5. The van der Waals surface area contributed by atoms with Crippen LogP contribution in [0.4, 0.5) is 0 Å². The van der Waals surface area contributed by atoms with E-state index in [1.165, 1.54) is 0 Å². The van der Waals surface area contributed by atoms with Crippen LogP contribution in [0, 0.1) is 6.92 Å². The summed E-state index contributed by atoms with van der Waals surface area (Å²) < 4.78 is 0. The lowest BCUT2D eigenvalue weighted by Gasteiger charge is -2.36. The van der Waals surface area contributed by atoms with Gasteiger partial charge in [-0.25, -0.2) is 0 Å². The molecule has 1 amide bonds. The fourth-order valence-electron chi connectivity index (χ4n) is 2.68. The summed E-state index contributed by atoms with van der Waals surface area (Å²) in [5, 5.41) is 20.8. The van der Waals surface area contributed by atoms with Crippen LogP contribution in [0.1, 0.15) is 28.9 Å². The number of amides is 1. The van der Waals surface area contributed by atoms with E-state index in [2.05, 4.69) is 15.5 Å². The van der Waals surface area contributed by atoms with Crippen LogP contribution in [0.3, 0.4) is 0 Å². The van der Waals surface area contributed by atoms with Crippen molar-refractivity contribution < 1.29 is 9.90 Å². The number of fused-ring (bicyclic) bond motifs is 1. The first-order valence-electron chi connectivity index (χ1n) is 7.09. The van der Waals surface area contributed by atoms with E-state index in [0.29, 0.717) is 5.56 Å². The van der Waals surface area contributed by atoms with Gasteiger partial charge in [-0.05, 0) is 49.5 Å². The second-order valence-electron chi connectivity index (χ2n) is 5.59. The highest BCUT2D eigenvalue weighted by atomic mass is 32.2. The molecule has 1 aromatic heterocycles. The maximum Gasteiger partial charge on any atom is 0.251 e. The Hall–Kier alpha value is -1.53. The molecule has 0 radical (unpaired) electrons. The topological polar surface area (TPSA) is 78.0 Å². The number of H-pyrrole nitrogens is 1. The van der Waals surface area contributed by atoms with Crippen molar-refractivity contribution in [2.45, 2.75) is 25.3 Å². The molecule has 0 unspecified atom stereocenters. The maximum atomic E-state index is 12.5. The van der Waals surface area contributed by atoms with E-state index < -0.39 is 5.54 Å². The first-order chi connectivity index (χ1) is 10.1. The highest BCUT2D eigenvalue weighted by Crippen LogP contribution is 2.27. The molecule has 0 spiro atoms. The number of carbonyl (C=O) groups is 1. The lowest BCUT2D eigenvalue weighted by atomic mass is 9.92. The minimum absolute atomic E-state index is 0.00766. The fraction of sp³-hybridized carbons (Fsp3) is 0.467. The van der Waals surface area contributed by atoms with Gasteiger partial charge in [0.2, 0.25) is 0 Å². The van der Waals surface area contributed by atoms with Crippen molar-refractivity contribution in [3.8, 4) is 0 Å². The van der Waals surface area contributed by atoms with Crippen molar-refractivity contribution >= 4 is 28.6 Å². The normalized spacial score (nSPS) is 17.8. The number of hydrogen-bond acceptors (Lipinski definition) is 4. The maximum absolute atomic E-state index is 12.5. The number of carbonyl (C=O) groups excluding carboxylic acids is 1. The Bertz CT molecular complexity index is 662. The van der Waals surface area contributed by atoms with Crippen LogP contribution in [0.25, 0.3) is 10.9 Å². The van der Waals surface area contributed by atoms with E-state index >= 15 is 0 Å². The summed E-state index contributed by atoms with van der Waals surface area (Å²) in [6, 6.07) is 5.48. The molecule has 1 aliphatic rings. The third kappa shape index (κ3) is 2.78. The molecule has 21 heavy (non-hydrogen) atoms. The minimum Gasteiger partial charge on any atom is -0.394 e. The van der Waals surface area contributed by atoms with Crippen molar-refractivity contribution in [2.75, 3.05) is 18.1 Å². The number of aromatic amines is 1. The Morgan fingerprint density at radius 1 is 1.48 bits per heavy atom. The molecule has 0 atom stereocenters. The largest absolute Gasteiger partial charge is 0.394 e. The quantitative estimate of drug-likeness (QED) is 0.809. The molecule has 1 fully saturated rings. The zero-order valence-electron chi connectivity index (χ0n) is 12.0. The summed E-state index contributed by atoms with van der Waals surface area (Å²) in [5.74, 6) is 1.82. The van der Waals surface area contributed by atoms with E-state index in [1.807, 2.05) is 30.8 Å². The van der Waals surface area contributed by atoms with E-state index in [1.54, 1.807) is 6.07 Å². The van der Waals surface area contributed by atoms with Gasteiger partial charge in [-0.15, -0.1) is 0 Å². The van der Waals surface area contributed by atoms with Crippen molar-refractivity contribution in [2.24, 2.45) is 0 Å². The van der Waals surface area contributed by atoms with Gasteiger partial charge < -0.3 is 10.4 Å². The molecule has 1 aromatic carbocycles. The van der Waals surface area contributed by atoms with Gasteiger partial charge in [-0.1, -0.05) is 0 Å². The van der Waals surface area contributed by atoms with Crippen LogP contribution >= 0.6 is 11.8 Å². The number of aliphatic hydroxyl groups excluding tert-OH is 1. The molecule has 2 heterocycles. The zero-order valence-corrected chi connectivity index (χ0v) is 12.8. The van der Waals surface area contributed by atoms with Gasteiger partial charge >= 0.3 is 0 Å². The molecule has 0 saturated carbocycles. The van der Waals surface area contributed by atoms with Crippen LogP contribution < -0.4 is 5.32 Å². The number of hydrogen-bond donors (Lipinski definition) is 3. The van der Waals surface area contributed by atoms with Crippen molar-refractivity contribution in [1.29, 1.82) is 0 Å². The Morgan fingerprint density at radius 3 is 2.95 bits per heavy atom. The number of aromatic nitrogens is 2. The van der Waals surface area contributed by atoms with Gasteiger partial charge in [0, 0.05) is 16.6 Å². The summed E-state index contributed by atoms with van der Waals surface area (Å²) >= 11 is 1.87. The molecule has 5 nitrogen and oxygen atoms in total. The molecule has 112 valence electrons. The number of aryl methyl sites for hydroxylation is 1. The molecule has 0 aliphatic carbocycles. The minimum atomic E-state index is -0.470. The van der Waals surface area contributed by atoms with Crippen LogP contribution in [0.2, 0.25) is 0 Å². The summed E-state index contributed by atoms with van der Waals surface area (Å²) in [5.41, 5.74) is 1.95. The van der Waals surface area contributed by atoms with E-state index in [4.69, 9.17) is 0 Å². The number of nitrogens with zero attached hydrogens (tertiary/aromatic N) is 1. The van der Waals surface area contributed by atoms with Gasteiger partial charge in [0.15, 0.2) is 0 Å². The lowest BCUT2D eigenvalue weighted by molar-refractivity contribution is 0.0817. The number of rotatable bonds is 3. The molecule has 1 aliphatic heterocycles. The van der Waals surface area contributed by atoms with Crippen LogP contribution in [0.5, 0.6) is 0 Å². The van der Waals surface area contributed by atoms with Crippen molar-refractivity contribution in [3.63, 3.8) is 0 Å². The summed E-state index contributed by atoms with van der Waals surface area (Å²) in [6.07, 6.45) is 1.62. The second-order valence-corrected chi connectivity index (χ2v) is 6.81. The van der Waals surface area contributed by atoms with Crippen molar-refractivity contribution in [3.05, 3.63) is 29.5 Å². The van der Waals surface area contributed by atoms with Crippen LogP contribution in [-0.4, -0.2) is 44.9 Å². The van der Waals surface area contributed by atoms with Gasteiger partial charge in [0.05, 0.1) is 17.7 Å². The van der Waals surface area contributed by atoms with Crippen LogP contribution in [-0.2, 0) is 0 Å². The lowest BCUT2D eigenvalue weighted by Crippen LogP contribution is -2.53. The third-order valence-electron chi connectivity index (χ3n) is 4.14. The summed E-state index contributed by atoms with van der Waals surface area (Å²) in [6.45, 7) is 1.93. The average Bonchev–Trinajstić information content (AvgIpc) is 2.89. The zero-order chi connectivity index (χ0) is 14.9. The average molecular weight is 305 g/mol. The van der Waals surface area contributed by atoms with Crippen molar-refractivity contribution in [1.82, 2.24) is 15.5 Å². The monoisotopic (exact) mass is 305 g/mol. The predicted molar refractivity (Wildman–Crippen MR) is 84.7 cm³/mol. The SMILES string of the molecule is Cc1[nH]nc2ccc(C(=O)NC3(CO)CCSCC3)cc12. The molecule has 2 aromatic rings. The Morgan fingerprint density at radius 2 is 2.24 bits per heavy atom. The van der Waals surface area contributed by atoms with E-state index in [-0.39, 0.29) is 12.5 Å². The summed E-state index contributed by atoms with van der Waals surface area (Å²) in [7, 11) is 0. The van der Waals surface area contributed by atoms with Gasteiger partial charge in [-0.2, -0.15) is 16.9 Å². The van der Waals surface area contributed by atoms with Gasteiger partial charge in [0.25, 0.3) is 5.91 Å². The Kier molecular flexibility index (Phi) is 3.91. The fourth-order valence-corrected chi connectivity index (χ4v) is 3.95. The number of aliphatic hydroxyl groups is 1. The number of nitrogens with one attached hydrogen (secondary N) is 2. The highest BCUT2D eigenvalue weighted by molar-refractivity contribution is 7.99. The van der Waals surface area contributed by atoms with E-state index in [0.717, 1.165) is 40.9 Å². The highest BCUT2D eigenvalue weighted by Gasteiger charge is 2.33. The Balaban J connectivity index is 1.84. The first-order valence-corrected chi connectivity index (χ1v) is 8.25. The molecule has 0 bridgehead atoms. The first kappa shape index (κ1) is 14.4. The number of benzene rings is 1. The molecular formula is C15H19N3O2S. The van der Waals surface area contributed by atoms with E-state index in [9.17, 15) is 9.90 Å².